The Kier molecular flexibility index (Phi) is 3.17. The molecule has 0 aromatic heterocycles. The maximum atomic E-state index is 13.4. The van der Waals surface area contributed by atoms with Crippen LogP contribution < -0.4 is 10.2 Å². The Bertz CT molecular complexity index is 530. The van der Waals surface area contributed by atoms with E-state index in [0.29, 0.717) is 0 Å². The van der Waals surface area contributed by atoms with E-state index >= 15 is 0 Å². The molecule has 1 heterocycles. The van der Waals surface area contributed by atoms with Gasteiger partial charge in [0, 0.05) is 0 Å². The maximum Gasteiger partial charge on any atom is 0.471 e. The molecule has 4 nitrogen and oxygen atoms in total. The number of hydrogen-bond donors (Lipinski definition) is 1. The summed E-state index contributed by atoms with van der Waals surface area (Å²) < 4.78 is 50.8. The van der Waals surface area contributed by atoms with Crippen LogP contribution >= 0.6 is 0 Å². The van der Waals surface area contributed by atoms with Gasteiger partial charge in [0.1, 0.15) is 0 Å². The van der Waals surface area contributed by atoms with Crippen molar-refractivity contribution in [2.75, 3.05) is 16.8 Å². The van der Waals surface area contributed by atoms with E-state index in [1.807, 2.05) is 0 Å². The third-order valence-corrected chi connectivity index (χ3v) is 2.57. The molecule has 102 valence electrons. The summed E-state index contributed by atoms with van der Waals surface area (Å²) in [5, 5.41) is 2.13. The molecule has 0 saturated carbocycles. The third-order valence-electron chi connectivity index (χ3n) is 2.57. The van der Waals surface area contributed by atoms with E-state index in [0.717, 1.165) is 0 Å². The number of hydrogen-bond acceptors (Lipinski definition) is 2. The van der Waals surface area contributed by atoms with Gasteiger partial charge in [0.15, 0.2) is 6.17 Å². The summed E-state index contributed by atoms with van der Waals surface area (Å²) in [5.74, 6) is -3.29. The molecule has 0 saturated heterocycles. The minimum absolute atomic E-state index is 0.0368. The first-order valence-electron chi connectivity index (χ1n) is 5.23. The second kappa shape index (κ2) is 4.52. The summed E-state index contributed by atoms with van der Waals surface area (Å²) in [6.45, 7) is -0.971. The van der Waals surface area contributed by atoms with Crippen LogP contribution in [0.1, 0.15) is 0 Å². The van der Waals surface area contributed by atoms with Crippen molar-refractivity contribution >= 4 is 23.2 Å². The van der Waals surface area contributed by atoms with E-state index in [9.17, 15) is 27.2 Å². The fraction of sp³-hybridized carbons (Fsp3) is 0.273. The first-order valence-corrected chi connectivity index (χ1v) is 5.23. The predicted molar refractivity (Wildman–Crippen MR) is 58.4 cm³/mol. The van der Waals surface area contributed by atoms with Gasteiger partial charge in [0.2, 0.25) is 0 Å². The smallest absolute Gasteiger partial charge is 0.322 e. The van der Waals surface area contributed by atoms with Crippen LogP contribution in [0.4, 0.5) is 28.9 Å². The zero-order valence-corrected chi connectivity index (χ0v) is 9.37. The summed E-state index contributed by atoms with van der Waals surface area (Å²) in [6.07, 6.45) is -7.36. The summed E-state index contributed by atoms with van der Waals surface area (Å²) in [6, 6.07) is 5.34. The number of nitrogens with one attached hydrogen (secondary N) is 1. The van der Waals surface area contributed by atoms with E-state index < -0.39 is 30.7 Å². The molecule has 1 atom stereocenters. The molecule has 0 fully saturated rings. The van der Waals surface area contributed by atoms with Gasteiger partial charge >= 0.3 is 12.1 Å². The molecule has 2 rings (SSSR count). The second-order valence-electron chi connectivity index (χ2n) is 3.89. The van der Waals surface area contributed by atoms with Gasteiger partial charge in [-0.3, -0.25) is 14.5 Å². The second-order valence-corrected chi connectivity index (χ2v) is 3.89. The number of fused-ring (bicyclic) bond motifs is 1. The first kappa shape index (κ1) is 13.3. The lowest BCUT2D eigenvalue weighted by molar-refractivity contribution is -0.170. The van der Waals surface area contributed by atoms with Gasteiger partial charge in [-0.05, 0) is 12.1 Å². The number of halogens is 4. The van der Waals surface area contributed by atoms with Crippen molar-refractivity contribution in [3.8, 4) is 0 Å². The highest BCUT2D eigenvalue weighted by Gasteiger charge is 2.45. The van der Waals surface area contributed by atoms with Gasteiger partial charge in [-0.2, -0.15) is 13.2 Å². The number of benzene rings is 1. The van der Waals surface area contributed by atoms with Gasteiger partial charge in [-0.1, -0.05) is 12.1 Å². The van der Waals surface area contributed by atoms with Crippen LogP contribution in [0.2, 0.25) is 0 Å². The normalized spacial score (nSPS) is 19.5. The highest BCUT2D eigenvalue weighted by Crippen LogP contribution is 2.32. The van der Waals surface area contributed by atoms with E-state index in [1.165, 1.54) is 24.3 Å². The third kappa shape index (κ3) is 2.51. The van der Waals surface area contributed by atoms with Crippen molar-refractivity contribution in [1.82, 2.24) is 0 Å². The van der Waals surface area contributed by atoms with Crippen LogP contribution in [-0.2, 0) is 9.59 Å². The molecule has 1 aliphatic heterocycles. The van der Waals surface area contributed by atoms with E-state index in [-0.39, 0.29) is 16.3 Å². The monoisotopic (exact) mass is 276 g/mol. The fourth-order valence-corrected chi connectivity index (χ4v) is 1.71. The van der Waals surface area contributed by atoms with Gasteiger partial charge in [-0.25, -0.2) is 4.39 Å². The standard InChI is InChI=1S/C11H8F4N2O2/c12-6-5-17(10(19)11(13,14)15)8-4-2-1-3-7(8)16-9(6)18/h1-4,6H,5H2,(H,16,18)/t6-/m0/s1. The van der Waals surface area contributed by atoms with E-state index in [4.69, 9.17) is 0 Å². The van der Waals surface area contributed by atoms with Gasteiger partial charge in [0.05, 0.1) is 17.9 Å². The molecular weight excluding hydrogens is 268 g/mol. The number of amides is 2. The topological polar surface area (TPSA) is 49.4 Å². The Hall–Kier alpha value is -2.12. The molecule has 1 N–H and O–H groups in total. The number of rotatable bonds is 0. The Morgan fingerprint density at radius 3 is 2.58 bits per heavy atom. The first-order chi connectivity index (χ1) is 8.80. The Morgan fingerprint density at radius 1 is 1.32 bits per heavy atom. The Morgan fingerprint density at radius 2 is 1.95 bits per heavy atom. The van der Waals surface area contributed by atoms with Crippen LogP contribution in [0.25, 0.3) is 0 Å². The van der Waals surface area contributed by atoms with Crippen molar-refractivity contribution in [2.24, 2.45) is 0 Å². The lowest BCUT2D eigenvalue weighted by Crippen LogP contribution is -2.44. The molecule has 2 amide bonds. The number of anilines is 2. The van der Waals surface area contributed by atoms with Crippen LogP contribution in [0.3, 0.4) is 0 Å². The molecule has 0 spiro atoms. The summed E-state index contributed by atoms with van der Waals surface area (Å²) in [5.41, 5.74) is -0.219. The van der Waals surface area contributed by atoms with E-state index in [2.05, 4.69) is 5.32 Å². The predicted octanol–water partition coefficient (Wildman–Crippen LogP) is 1.87. The largest absolute Gasteiger partial charge is 0.471 e. The van der Waals surface area contributed by atoms with Crippen molar-refractivity contribution in [3.63, 3.8) is 0 Å². The average molecular weight is 276 g/mol. The van der Waals surface area contributed by atoms with Crippen LogP contribution in [-0.4, -0.2) is 30.7 Å². The minimum atomic E-state index is -5.14. The zero-order chi connectivity index (χ0) is 14.2. The molecule has 1 aromatic carbocycles. The SMILES string of the molecule is O=C1Nc2ccccc2N(C(=O)C(F)(F)F)C[C@@H]1F. The number of para-hydroxylation sites is 2. The van der Waals surface area contributed by atoms with Crippen LogP contribution in [0.15, 0.2) is 24.3 Å². The van der Waals surface area contributed by atoms with Gasteiger partial charge in [0.25, 0.3) is 5.91 Å². The van der Waals surface area contributed by atoms with Crippen molar-refractivity contribution in [2.45, 2.75) is 12.3 Å². The van der Waals surface area contributed by atoms with Crippen LogP contribution in [0.5, 0.6) is 0 Å². The zero-order valence-electron chi connectivity index (χ0n) is 9.37. The number of carbonyl (C=O) groups excluding carboxylic acids is 2. The van der Waals surface area contributed by atoms with Crippen molar-refractivity contribution < 1.29 is 27.2 Å². The Balaban J connectivity index is 2.48. The van der Waals surface area contributed by atoms with Gasteiger partial charge in [-0.15, -0.1) is 0 Å². The number of nitrogens with zero attached hydrogens (tertiary/aromatic N) is 1. The highest BCUT2D eigenvalue weighted by atomic mass is 19.4. The van der Waals surface area contributed by atoms with Gasteiger partial charge < -0.3 is 5.32 Å². The number of alkyl halides is 4. The quantitative estimate of drug-likeness (QED) is 0.735. The minimum Gasteiger partial charge on any atom is -0.322 e. The van der Waals surface area contributed by atoms with E-state index in [1.54, 1.807) is 0 Å². The molecule has 0 unspecified atom stereocenters. The molecule has 0 radical (unpaired) electrons. The molecule has 1 aromatic rings. The summed E-state index contributed by atoms with van der Waals surface area (Å²) >= 11 is 0. The van der Waals surface area contributed by atoms with Crippen molar-refractivity contribution in [3.05, 3.63) is 24.3 Å². The summed E-state index contributed by atoms with van der Waals surface area (Å²) in [7, 11) is 0. The highest BCUT2D eigenvalue weighted by molar-refractivity contribution is 6.06. The molecule has 19 heavy (non-hydrogen) atoms. The molecule has 0 aliphatic carbocycles. The summed E-state index contributed by atoms with van der Waals surface area (Å²) in [4.78, 5) is 22.8. The lowest BCUT2D eigenvalue weighted by Gasteiger charge is -2.23. The maximum absolute atomic E-state index is 13.4. The molecule has 0 bridgehead atoms. The van der Waals surface area contributed by atoms with Crippen LogP contribution in [0, 0.1) is 0 Å². The molecular formula is C11H8F4N2O2. The fourth-order valence-electron chi connectivity index (χ4n) is 1.71. The Labute approximate surface area is 105 Å². The lowest BCUT2D eigenvalue weighted by atomic mass is 10.2. The average Bonchev–Trinajstić information content (AvgIpc) is 2.45. The number of carbonyl (C=O) groups is 2. The molecule has 8 heteroatoms. The van der Waals surface area contributed by atoms with Crippen molar-refractivity contribution in [1.29, 1.82) is 0 Å². The molecule has 1 aliphatic rings.